The van der Waals surface area contributed by atoms with E-state index < -0.39 is 60.4 Å². The average molecular weight is 823 g/mol. The minimum atomic E-state index is -0.567. The highest BCUT2D eigenvalue weighted by atomic mass is 16.5. The van der Waals surface area contributed by atoms with E-state index in [0.29, 0.717) is 28.2 Å². The normalized spacial score (nSPS) is 14.0. The Labute approximate surface area is 381 Å². The van der Waals surface area contributed by atoms with Gasteiger partial charge in [-0.3, -0.25) is 13.7 Å². The van der Waals surface area contributed by atoms with E-state index in [9.17, 15) is 0 Å². The molecule has 0 atom stereocenters. The first-order valence-electron chi connectivity index (χ1n) is 25.6. The zero-order chi connectivity index (χ0) is 51.2. The molecule has 8 aromatic carbocycles. The summed E-state index contributed by atoms with van der Waals surface area (Å²) in [5, 5.41) is 2.10. The molecule has 3 heterocycles. The lowest BCUT2D eigenvalue weighted by atomic mass is 9.82. The van der Waals surface area contributed by atoms with Gasteiger partial charge in [0.1, 0.15) is 17.3 Å². The molecule has 302 valence electrons. The number of hydrogen-bond acceptors (Lipinski definition) is 2. The molecule has 0 spiro atoms. The lowest BCUT2D eigenvalue weighted by molar-refractivity contribution is -0.571. The van der Waals surface area contributed by atoms with Gasteiger partial charge >= 0.3 is 0 Å². The van der Waals surface area contributed by atoms with Gasteiger partial charge in [-0.25, -0.2) is 4.98 Å². The van der Waals surface area contributed by atoms with Gasteiger partial charge in [-0.2, -0.15) is 0 Å². The number of pyridine rings is 1. The van der Waals surface area contributed by atoms with E-state index in [0.717, 1.165) is 38.8 Å². The summed E-state index contributed by atoms with van der Waals surface area (Å²) in [6, 6.07) is 41.3. The fraction of sp³-hybridized carbons (Fsp3) is 0.0690. The molecule has 0 aliphatic heterocycles. The molecule has 63 heavy (non-hydrogen) atoms. The first-order chi connectivity index (χ1) is 35.0. The molecule has 0 unspecified atom stereocenters. The van der Waals surface area contributed by atoms with Crippen LogP contribution in [0.25, 0.3) is 83.4 Å². The van der Waals surface area contributed by atoms with Crippen LogP contribution in [-0.2, 0) is 5.41 Å². The zero-order valence-corrected chi connectivity index (χ0v) is 34.6. The van der Waals surface area contributed by atoms with E-state index in [1.807, 2.05) is 85.1 Å². The lowest BCUT2D eigenvalue weighted by Gasteiger charge is -2.24. The summed E-state index contributed by atoms with van der Waals surface area (Å²) in [5.74, 6) is 1.87. The Morgan fingerprint density at radius 2 is 1.17 bits per heavy atom. The van der Waals surface area contributed by atoms with E-state index in [-0.39, 0.29) is 33.4 Å². The number of aromatic nitrogens is 4. The molecule has 0 saturated carbocycles. The fourth-order valence-corrected chi connectivity index (χ4v) is 8.60. The van der Waals surface area contributed by atoms with Crippen LogP contribution in [0.3, 0.4) is 0 Å². The molecule has 0 aliphatic carbocycles. The van der Waals surface area contributed by atoms with E-state index >= 15 is 0 Å². The Hall–Kier alpha value is -8.02. The number of ether oxygens (including phenoxy) is 1. The van der Waals surface area contributed by atoms with Crippen LogP contribution in [-0.4, -0.2) is 14.1 Å². The van der Waals surface area contributed by atoms with Crippen molar-refractivity contribution in [2.75, 3.05) is 0 Å². The van der Waals surface area contributed by atoms with Gasteiger partial charge in [-0.1, -0.05) is 172 Å². The van der Waals surface area contributed by atoms with Crippen LogP contribution in [0.1, 0.15) is 40.0 Å². The summed E-state index contributed by atoms with van der Waals surface area (Å²) in [6.07, 6.45) is 5.27. The van der Waals surface area contributed by atoms with Crippen molar-refractivity contribution in [2.45, 2.75) is 26.2 Å². The standard InChI is InChI=1S/C58H44N4O/c1-58(2,3)51-30-12-10-25-47(51)50-29-18-36-59-57(50)62-52-31-13-11-26-48(52)49-35-34-44(38-55(49)62)63-43-24-16-23-42(37-43)60-39-61(54-33-15-14-32-53(54)60)56-45(40-19-6-4-7-20-40)27-17-28-46(56)41-21-8-5-9-22-41/h4-38H,1-3H3/i4D,5D,6D,7D,8D,9D,19D,20D,21D,22D. The Bertz CT molecular complexity index is 3940. The predicted molar refractivity (Wildman–Crippen MR) is 257 cm³/mol. The third kappa shape index (κ3) is 6.75. The molecule has 0 fully saturated rings. The number of rotatable bonds is 8. The van der Waals surface area contributed by atoms with Gasteiger partial charge in [0.2, 0.25) is 0 Å². The highest BCUT2D eigenvalue weighted by Gasteiger charge is 2.24. The Morgan fingerprint density at radius 3 is 1.94 bits per heavy atom. The topological polar surface area (TPSA) is 35.9 Å². The molecular formula is C58H44N4O. The van der Waals surface area contributed by atoms with Crippen molar-refractivity contribution in [2.24, 2.45) is 0 Å². The van der Waals surface area contributed by atoms with Crippen molar-refractivity contribution in [3.05, 3.63) is 224 Å². The predicted octanol–water partition coefficient (Wildman–Crippen LogP) is 14.3. The minimum Gasteiger partial charge on any atom is -0.458 e. The van der Waals surface area contributed by atoms with Crippen molar-refractivity contribution < 1.29 is 23.0 Å². The SMILES string of the molecule is [2H]c1c([2H])c([2H])c(-c2cccc(-c3c([2H])c([2H])c([2H])c([2H])c3[2H])c2-[n+]2[c-]n(-c3cccc(Oc4ccc5c6ccccc6n(-c6ncccc6-c6ccccc6C(C)(C)C)c5c4)c3)c3ccccc32)c([2H])c1[2H]. The lowest BCUT2D eigenvalue weighted by Crippen LogP contribution is -2.31. The van der Waals surface area contributed by atoms with Crippen molar-refractivity contribution in [1.29, 1.82) is 0 Å². The smallest absolute Gasteiger partial charge is 0.269 e. The molecule has 11 aromatic rings. The molecule has 0 radical (unpaired) electrons. The average Bonchev–Trinajstić information content (AvgIpc) is 3.94. The number of para-hydroxylation sites is 4. The maximum atomic E-state index is 9.03. The van der Waals surface area contributed by atoms with Crippen LogP contribution >= 0.6 is 0 Å². The third-order valence-electron chi connectivity index (χ3n) is 11.3. The molecule has 0 aliphatic rings. The van der Waals surface area contributed by atoms with Crippen LogP contribution in [0.15, 0.2) is 212 Å². The molecule has 0 bridgehead atoms. The van der Waals surface area contributed by atoms with Crippen molar-refractivity contribution in [1.82, 2.24) is 14.1 Å². The van der Waals surface area contributed by atoms with Gasteiger partial charge in [-0.15, -0.1) is 0 Å². The number of hydrogen-bond donors (Lipinski definition) is 0. The maximum Gasteiger partial charge on any atom is 0.269 e. The first kappa shape index (κ1) is 28.5. The van der Waals surface area contributed by atoms with E-state index in [1.54, 1.807) is 27.3 Å². The third-order valence-corrected chi connectivity index (χ3v) is 11.3. The van der Waals surface area contributed by atoms with Crippen LogP contribution in [0.4, 0.5) is 0 Å². The quantitative estimate of drug-likeness (QED) is 0.113. The monoisotopic (exact) mass is 822 g/mol. The fourth-order valence-electron chi connectivity index (χ4n) is 8.60. The summed E-state index contributed by atoms with van der Waals surface area (Å²) >= 11 is 0. The van der Waals surface area contributed by atoms with Gasteiger partial charge in [-0.05, 0) is 87.3 Å². The molecule has 11 rings (SSSR count). The highest BCUT2D eigenvalue weighted by Crippen LogP contribution is 2.41. The second-order valence-electron chi connectivity index (χ2n) is 16.3. The summed E-state index contributed by atoms with van der Waals surface area (Å²) < 4.78 is 99.5. The van der Waals surface area contributed by atoms with Gasteiger partial charge < -0.3 is 4.74 Å². The summed E-state index contributed by atoms with van der Waals surface area (Å²) in [6.45, 7) is 6.65. The summed E-state index contributed by atoms with van der Waals surface area (Å²) in [7, 11) is 0. The van der Waals surface area contributed by atoms with Crippen LogP contribution in [0, 0.1) is 6.33 Å². The molecule has 0 N–H and O–H groups in total. The van der Waals surface area contributed by atoms with Gasteiger partial charge in [0.05, 0.1) is 47.1 Å². The van der Waals surface area contributed by atoms with Gasteiger partial charge in [0.15, 0.2) is 0 Å². The molecule has 0 amide bonds. The minimum absolute atomic E-state index is 0.124. The van der Waals surface area contributed by atoms with Crippen molar-refractivity contribution in [3.63, 3.8) is 0 Å². The highest BCUT2D eigenvalue weighted by molar-refractivity contribution is 6.10. The zero-order valence-electron chi connectivity index (χ0n) is 44.6. The van der Waals surface area contributed by atoms with Crippen molar-refractivity contribution >= 4 is 32.8 Å². The number of imidazole rings is 1. The Morgan fingerprint density at radius 1 is 0.556 bits per heavy atom. The molecule has 5 nitrogen and oxygen atoms in total. The number of benzene rings is 8. The maximum absolute atomic E-state index is 9.03. The van der Waals surface area contributed by atoms with Gasteiger partial charge in [0.25, 0.3) is 6.33 Å². The van der Waals surface area contributed by atoms with Crippen molar-refractivity contribution in [3.8, 4) is 62.1 Å². The van der Waals surface area contributed by atoms with Crippen LogP contribution in [0.2, 0.25) is 0 Å². The van der Waals surface area contributed by atoms with E-state index in [1.165, 1.54) is 5.56 Å². The summed E-state index contributed by atoms with van der Waals surface area (Å²) in [5.41, 5.74) is 7.15. The molecule has 0 saturated heterocycles. The Kier molecular flexibility index (Phi) is 7.00. The van der Waals surface area contributed by atoms with Crippen LogP contribution < -0.4 is 9.30 Å². The van der Waals surface area contributed by atoms with Crippen LogP contribution in [0.5, 0.6) is 11.5 Å². The number of fused-ring (bicyclic) bond motifs is 4. The molecule has 3 aromatic heterocycles. The Balaban J connectivity index is 1.07. The number of nitrogens with zero attached hydrogens (tertiary/aromatic N) is 4. The molecule has 5 heteroatoms. The summed E-state index contributed by atoms with van der Waals surface area (Å²) in [4.78, 5) is 5.04. The second-order valence-corrected chi connectivity index (χ2v) is 16.3. The second kappa shape index (κ2) is 15.5. The first-order valence-corrected chi connectivity index (χ1v) is 20.6. The van der Waals surface area contributed by atoms with Gasteiger partial charge in [0, 0.05) is 28.6 Å². The molecular weight excluding hydrogens is 769 g/mol. The van der Waals surface area contributed by atoms with E-state index in [2.05, 4.69) is 80.2 Å². The van der Waals surface area contributed by atoms with E-state index in [4.69, 9.17) is 23.4 Å². The largest absolute Gasteiger partial charge is 0.458 e.